The van der Waals surface area contributed by atoms with Gasteiger partial charge in [0.2, 0.25) is 0 Å². The number of rotatable bonds is 6. The van der Waals surface area contributed by atoms with Gasteiger partial charge in [0.25, 0.3) is 0 Å². The first kappa shape index (κ1) is 15.7. The lowest BCUT2D eigenvalue weighted by Gasteiger charge is -2.21. The van der Waals surface area contributed by atoms with Crippen LogP contribution in [0.1, 0.15) is 48.4 Å². The summed E-state index contributed by atoms with van der Waals surface area (Å²) in [5.41, 5.74) is 4.28. The molecule has 1 N–H and O–H groups in total. The van der Waals surface area contributed by atoms with Crippen molar-refractivity contribution in [2.24, 2.45) is 0 Å². The van der Waals surface area contributed by atoms with Crippen LogP contribution in [0.4, 0.5) is 0 Å². The highest BCUT2D eigenvalue weighted by Gasteiger charge is 2.20. The van der Waals surface area contributed by atoms with Gasteiger partial charge >= 0.3 is 0 Å². The molecular formula is C17H22BrNS. The zero-order valence-electron chi connectivity index (χ0n) is 12.4. The predicted octanol–water partition coefficient (Wildman–Crippen LogP) is 5.33. The van der Waals surface area contributed by atoms with Crippen molar-refractivity contribution < 1.29 is 0 Å². The molecule has 0 bridgehead atoms. The van der Waals surface area contributed by atoms with Crippen LogP contribution in [0.2, 0.25) is 0 Å². The summed E-state index contributed by atoms with van der Waals surface area (Å²) in [6.07, 6.45) is 2.16. The van der Waals surface area contributed by atoms with E-state index in [9.17, 15) is 0 Å². The summed E-state index contributed by atoms with van der Waals surface area (Å²) in [5.74, 6) is 0. The molecule has 1 aromatic heterocycles. The quantitative estimate of drug-likeness (QED) is 0.740. The molecule has 0 aliphatic carbocycles. The van der Waals surface area contributed by atoms with Gasteiger partial charge in [-0.1, -0.05) is 39.0 Å². The molecule has 1 aromatic carbocycles. The third-order valence-electron chi connectivity index (χ3n) is 3.63. The first-order valence-electron chi connectivity index (χ1n) is 7.29. The van der Waals surface area contributed by atoms with Crippen LogP contribution in [0.25, 0.3) is 0 Å². The van der Waals surface area contributed by atoms with E-state index < -0.39 is 0 Å². The number of hydrogen-bond donors (Lipinski definition) is 1. The molecule has 1 nitrogen and oxygen atoms in total. The average molecular weight is 352 g/mol. The van der Waals surface area contributed by atoms with Crippen LogP contribution in [0.5, 0.6) is 0 Å². The van der Waals surface area contributed by atoms with Gasteiger partial charge in [-0.3, -0.25) is 0 Å². The maximum atomic E-state index is 3.69. The number of halogens is 1. The Labute approximate surface area is 134 Å². The minimum Gasteiger partial charge on any atom is -0.306 e. The normalized spacial score (nSPS) is 12.6. The summed E-state index contributed by atoms with van der Waals surface area (Å²) in [5, 5.41) is 5.80. The molecule has 1 unspecified atom stereocenters. The monoisotopic (exact) mass is 351 g/mol. The number of hydrogen-bond acceptors (Lipinski definition) is 2. The van der Waals surface area contributed by atoms with Gasteiger partial charge in [0, 0.05) is 9.35 Å². The Morgan fingerprint density at radius 2 is 1.95 bits per heavy atom. The second-order valence-electron chi connectivity index (χ2n) is 4.86. The van der Waals surface area contributed by atoms with Crippen LogP contribution in [-0.4, -0.2) is 6.54 Å². The Hall–Kier alpha value is -0.640. The highest BCUT2D eigenvalue weighted by molar-refractivity contribution is 9.10. The van der Waals surface area contributed by atoms with Crippen molar-refractivity contribution >= 4 is 27.3 Å². The van der Waals surface area contributed by atoms with Crippen LogP contribution < -0.4 is 5.32 Å². The maximum absolute atomic E-state index is 3.69. The highest BCUT2D eigenvalue weighted by atomic mass is 79.9. The fraction of sp³-hybridized carbons (Fsp3) is 0.412. The van der Waals surface area contributed by atoms with Crippen molar-refractivity contribution in [2.45, 2.75) is 39.7 Å². The van der Waals surface area contributed by atoms with Gasteiger partial charge in [-0.15, -0.1) is 11.3 Å². The van der Waals surface area contributed by atoms with E-state index in [1.165, 1.54) is 26.0 Å². The molecule has 0 saturated carbocycles. The van der Waals surface area contributed by atoms with Gasteiger partial charge in [0.15, 0.2) is 0 Å². The second kappa shape index (κ2) is 7.39. The van der Waals surface area contributed by atoms with E-state index in [-0.39, 0.29) is 6.04 Å². The molecule has 3 heteroatoms. The van der Waals surface area contributed by atoms with Gasteiger partial charge < -0.3 is 5.32 Å². The van der Waals surface area contributed by atoms with Gasteiger partial charge in [0.05, 0.1) is 6.04 Å². The Bertz CT molecular complexity index is 562. The minimum absolute atomic E-state index is 0.288. The fourth-order valence-corrected chi connectivity index (χ4v) is 4.21. The molecule has 0 fully saturated rings. The highest BCUT2D eigenvalue weighted by Crippen LogP contribution is 2.35. The molecule has 2 aromatic rings. The van der Waals surface area contributed by atoms with Gasteiger partial charge in [0.1, 0.15) is 0 Å². The Morgan fingerprint density at radius 1 is 1.15 bits per heavy atom. The average Bonchev–Trinajstić information content (AvgIpc) is 2.90. The van der Waals surface area contributed by atoms with E-state index in [0.717, 1.165) is 19.4 Å². The van der Waals surface area contributed by atoms with Crippen LogP contribution in [0.3, 0.4) is 0 Å². The van der Waals surface area contributed by atoms with E-state index in [2.05, 4.69) is 71.7 Å². The van der Waals surface area contributed by atoms with E-state index >= 15 is 0 Å². The van der Waals surface area contributed by atoms with E-state index in [1.807, 2.05) is 11.3 Å². The van der Waals surface area contributed by atoms with Crippen molar-refractivity contribution in [1.29, 1.82) is 0 Å². The van der Waals surface area contributed by atoms with Crippen molar-refractivity contribution in [2.75, 3.05) is 6.54 Å². The van der Waals surface area contributed by atoms with Crippen LogP contribution >= 0.6 is 27.3 Å². The van der Waals surface area contributed by atoms with E-state index in [0.29, 0.717) is 0 Å². The molecule has 0 amide bonds. The van der Waals surface area contributed by atoms with Gasteiger partial charge in [-0.2, -0.15) is 0 Å². The number of nitrogens with one attached hydrogen (secondary N) is 1. The molecule has 0 saturated heterocycles. The maximum Gasteiger partial charge on any atom is 0.0685 e. The van der Waals surface area contributed by atoms with E-state index in [4.69, 9.17) is 0 Å². The van der Waals surface area contributed by atoms with Gasteiger partial charge in [-0.05, 0) is 63.5 Å². The SMILES string of the molecule is CCNC(c1cc(CC)ccc1CC)c1sccc1Br. The summed E-state index contributed by atoms with van der Waals surface area (Å²) in [7, 11) is 0. The van der Waals surface area contributed by atoms with Crippen molar-refractivity contribution in [3.05, 3.63) is 55.7 Å². The zero-order chi connectivity index (χ0) is 14.5. The summed E-state index contributed by atoms with van der Waals surface area (Å²) < 4.78 is 1.21. The predicted molar refractivity (Wildman–Crippen MR) is 92.7 cm³/mol. The van der Waals surface area contributed by atoms with Crippen LogP contribution in [-0.2, 0) is 12.8 Å². The van der Waals surface area contributed by atoms with Crippen molar-refractivity contribution in [1.82, 2.24) is 5.32 Å². The smallest absolute Gasteiger partial charge is 0.0685 e. The molecule has 1 heterocycles. The minimum atomic E-state index is 0.288. The molecule has 0 spiro atoms. The Kier molecular flexibility index (Phi) is 5.82. The molecule has 1 atom stereocenters. The molecule has 0 radical (unpaired) electrons. The van der Waals surface area contributed by atoms with Gasteiger partial charge in [-0.25, -0.2) is 0 Å². The Balaban J connectivity index is 2.50. The van der Waals surface area contributed by atoms with Crippen molar-refractivity contribution in [3.8, 4) is 0 Å². The molecule has 108 valence electrons. The third-order valence-corrected chi connectivity index (χ3v) is 5.56. The molecule has 0 aliphatic heterocycles. The zero-order valence-corrected chi connectivity index (χ0v) is 14.8. The second-order valence-corrected chi connectivity index (χ2v) is 6.67. The topological polar surface area (TPSA) is 12.0 Å². The first-order valence-corrected chi connectivity index (χ1v) is 8.96. The van der Waals surface area contributed by atoms with E-state index in [1.54, 1.807) is 0 Å². The molecule has 2 rings (SSSR count). The van der Waals surface area contributed by atoms with Crippen LogP contribution in [0, 0.1) is 0 Å². The summed E-state index contributed by atoms with van der Waals surface area (Å²) >= 11 is 5.50. The third kappa shape index (κ3) is 3.33. The summed E-state index contributed by atoms with van der Waals surface area (Å²) in [4.78, 5) is 1.37. The Morgan fingerprint density at radius 3 is 2.50 bits per heavy atom. The summed E-state index contributed by atoms with van der Waals surface area (Å²) in [6, 6.07) is 9.35. The lowest BCUT2D eigenvalue weighted by atomic mass is 9.94. The summed E-state index contributed by atoms with van der Waals surface area (Å²) in [6.45, 7) is 7.59. The molecule has 20 heavy (non-hydrogen) atoms. The van der Waals surface area contributed by atoms with Crippen LogP contribution in [0.15, 0.2) is 34.1 Å². The fourth-order valence-electron chi connectivity index (χ4n) is 2.51. The lowest BCUT2D eigenvalue weighted by molar-refractivity contribution is 0.632. The standard InChI is InChI=1S/C17H22BrNS/c1-4-12-7-8-13(5-2)14(11-12)16(19-6-3)17-15(18)9-10-20-17/h7-11,16,19H,4-6H2,1-3H3. The first-order chi connectivity index (χ1) is 9.71. The molecule has 0 aliphatic rings. The number of aryl methyl sites for hydroxylation is 2. The number of benzene rings is 1. The number of thiophene rings is 1. The molecular weight excluding hydrogens is 330 g/mol. The lowest BCUT2D eigenvalue weighted by Crippen LogP contribution is -2.22. The van der Waals surface area contributed by atoms with Crippen molar-refractivity contribution in [3.63, 3.8) is 0 Å². The largest absolute Gasteiger partial charge is 0.306 e.